The maximum atomic E-state index is 12.0. The van der Waals surface area contributed by atoms with Gasteiger partial charge in [-0.15, -0.1) is 6.58 Å². The third-order valence-corrected chi connectivity index (χ3v) is 3.18. The van der Waals surface area contributed by atoms with Crippen molar-refractivity contribution in [1.29, 1.82) is 0 Å². The number of hydrogen-bond acceptors (Lipinski definition) is 3. The SMILES string of the molecule is C=C[C@@H](COCc1ccccc1)OCC(=O)c1ccccc1. The predicted octanol–water partition coefficient (Wildman–Crippen LogP) is 3.66. The minimum atomic E-state index is -0.295. The van der Waals surface area contributed by atoms with Crippen LogP contribution in [0.2, 0.25) is 0 Å². The van der Waals surface area contributed by atoms with E-state index in [-0.39, 0.29) is 18.5 Å². The molecule has 0 amide bonds. The fourth-order valence-electron chi connectivity index (χ4n) is 1.94. The Bertz CT molecular complexity index is 578. The number of Topliss-reactive ketones (excluding diaryl/α,β-unsaturated/α-hetero) is 1. The van der Waals surface area contributed by atoms with Crippen molar-refractivity contribution in [3.05, 3.63) is 84.4 Å². The first-order valence-electron chi connectivity index (χ1n) is 7.23. The molecule has 0 unspecified atom stereocenters. The van der Waals surface area contributed by atoms with Crippen LogP contribution >= 0.6 is 0 Å². The summed E-state index contributed by atoms with van der Waals surface area (Å²) in [6.07, 6.45) is 1.36. The average Bonchev–Trinajstić information content (AvgIpc) is 2.59. The summed E-state index contributed by atoms with van der Waals surface area (Å²) < 4.78 is 11.2. The molecule has 0 heterocycles. The van der Waals surface area contributed by atoms with E-state index in [1.54, 1.807) is 18.2 Å². The van der Waals surface area contributed by atoms with E-state index in [0.29, 0.717) is 18.8 Å². The standard InChI is InChI=1S/C19H20O3/c1-2-18(14-21-13-16-9-5-3-6-10-16)22-15-19(20)17-11-7-4-8-12-17/h2-12,18H,1,13-15H2/t18-/m0/s1. The van der Waals surface area contributed by atoms with Crippen molar-refractivity contribution in [3.63, 3.8) is 0 Å². The third-order valence-electron chi connectivity index (χ3n) is 3.18. The van der Waals surface area contributed by atoms with Crippen molar-refractivity contribution in [2.75, 3.05) is 13.2 Å². The number of carbonyl (C=O) groups is 1. The van der Waals surface area contributed by atoms with Gasteiger partial charge in [0.2, 0.25) is 0 Å². The molecule has 0 saturated carbocycles. The van der Waals surface area contributed by atoms with E-state index in [1.807, 2.05) is 48.5 Å². The molecular formula is C19H20O3. The van der Waals surface area contributed by atoms with Crippen LogP contribution in [0, 0.1) is 0 Å². The minimum absolute atomic E-state index is 0.0232. The molecule has 2 rings (SSSR count). The molecule has 0 aliphatic carbocycles. The van der Waals surface area contributed by atoms with Crippen LogP contribution in [0.3, 0.4) is 0 Å². The Morgan fingerprint density at radius 1 is 1.05 bits per heavy atom. The lowest BCUT2D eigenvalue weighted by molar-refractivity contribution is 0.00597. The van der Waals surface area contributed by atoms with Gasteiger partial charge in [-0.3, -0.25) is 4.79 Å². The molecule has 0 N–H and O–H groups in total. The van der Waals surface area contributed by atoms with E-state index in [2.05, 4.69) is 6.58 Å². The van der Waals surface area contributed by atoms with Crippen molar-refractivity contribution < 1.29 is 14.3 Å². The lowest BCUT2D eigenvalue weighted by atomic mass is 10.1. The second kappa shape index (κ2) is 8.93. The maximum absolute atomic E-state index is 12.0. The molecule has 3 heteroatoms. The molecule has 3 nitrogen and oxygen atoms in total. The van der Waals surface area contributed by atoms with Crippen LogP contribution in [-0.2, 0) is 16.1 Å². The molecule has 2 aromatic rings. The summed E-state index contributed by atoms with van der Waals surface area (Å²) in [7, 11) is 0. The van der Waals surface area contributed by atoms with Crippen LogP contribution in [0.4, 0.5) is 0 Å². The summed E-state index contributed by atoms with van der Waals surface area (Å²) in [6.45, 7) is 4.63. The van der Waals surface area contributed by atoms with Gasteiger partial charge in [0.05, 0.1) is 19.3 Å². The van der Waals surface area contributed by atoms with Gasteiger partial charge in [-0.25, -0.2) is 0 Å². The Morgan fingerprint density at radius 2 is 1.68 bits per heavy atom. The number of carbonyl (C=O) groups excluding carboxylic acids is 1. The number of hydrogen-bond donors (Lipinski definition) is 0. The Balaban J connectivity index is 1.73. The number of rotatable bonds is 9. The molecule has 0 aliphatic heterocycles. The van der Waals surface area contributed by atoms with Gasteiger partial charge in [-0.2, -0.15) is 0 Å². The monoisotopic (exact) mass is 296 g/mol. The van der Waals surface area contributed by atoms with E-state index in [1.165, 1.54) is 0 Å². The van der Waals surface area contributed by atoms with Crippen LogP contribution < -0.4 is 0 Å². The first-order chi connectivity index (χ1) is 10.8. The lowest BCUT2D eigenvalue weighted by Crippen LogP contribution is -2.21. The van der Waals surface area contributed by atoms with Crippen LogP contribution in [0.15, 0.2) is 73.3 Å². The molecule has 2 aromatic carbocycles. The van der Waals surface area contributed by atoms with Gasteiger partial charge in [0.15, 0.2) is 5.78 Å². The third kappa shape index (κ3) is 5.28. The van der Waals surface area contributed by atoms with Crippen molar-refractivity contribution in [1.82, 2.24) is 0 Å². The number of benzene rings is 2. The zero-order chi connectivity index (χ0) is 15.6. The molecule has 0 radical (unpaired) electrons. The van der Waals surface area contributed by atoms with E-state index >= 15 is 0 Å². The Hall–Kier alpha value is -2.23. The molecule has 0 aromatic heterocycles. The van der Waals surface area contributed by atoms with Crippen LogP contribution in [0.5, 0.6) is 0 Å². The fraction of sp³-hybridized carbons (Fsp3) is 0.211. The molecule has 0 bridgehead atoms. The smallest absolute Gasteiger partial charge is 0.188 e. The molecule has 1 atom stereocenters. The molecule has 22 heavy (non-hydrogen) atoms. The Kier molecular flexibility index (Phi) is 6.55. The zero-order valence-corrected chi connectivity index (χ0v) is 12.5. The fourth-order valence-corrected chi connectivity index (χ4v) is 1.94. The summed E-state index contributed by atoms with van der Waals surface area (Å²) in [5.41, 5.74) is 1.75. The second-order valence-corrected chi connectivity index (χ2v) is 4.88. The largest absolute Gasteiger partial charge is 0.374 e. The summed E-state index contributed by atoms with van der Waals surface area (Å²) in [6, 6.07) is 19.0. The quantitative estimate of drug-likeness (QED) is 0.523. The molecule has 0 fully saturated rings. The van der Waals surface area contributed by atoms with Gasteiger partial charge in [0.1, 0.15) is 6.61 Å². The van der Waals surface area contributed by atoms with Crippen molar-refractivity contribution in [3.8, 4) is 0 Å². The minimum Gasteiger partial charge on any atom is -0.374 e. The molecule has 0 spiro atoms. The van der Waals surface area contributed by atoms with E-state index in [4.69, 9.17) is 9.47 Å². The average molecular weight is 296 g/mol. The van der Waals surface area contributed by atoms with E-state index in [9.17, 15) is 4.79 Å². The summed E-state index contributed by atoms with van der Waals surface area (Å²) in [5.74, 6) is -0.0458. The lowest BCUT2D eigenvalue weighted by Gasteiger charge is -2.14. The van der Waals surface area contributed by atoms with E-state index in [0.717, 1.165) is 5.56 Å². The van der Waals surface area contributed by atoms with Gasteiger partial charge >= 0.3 is 0 Å². The van der Waals surface area contributed by atoms with Crippen LogP contribution in [-0.4, -0.2) is 25.1 Å². The highest BCUT2D eigenvalue weighted by Gasteiger charge is 2.10. The number of ketones is 1. The molecular weight excluding hydrogens is 276 g/mol. The second-order valence-electron chi connectivity index (χ2n) is 4.88. The van der Waals surface area contributed by atoms with Gasteiger partial charge in [0, 0.05) is 5.56 Å². The Labute approximate surface area is 131 Å². The highest BCUT2D eigenvalue weighted by atomic mass is 16.5. The first kappa shape index (κ1) is 16.1. The molecule has 114 valence electrons. The van der Waals surface area contributed by atoms with Gasteiger partial charge in [-0.1, -0.05) is 66.7 Å². The summed E-state index contributed by atoms with van der Waals surface area (Å²) in [5, 5.41) is 0. The van der Waals surface area contributed by atoms with Gasteiger partial charge in [-0.05, 0) is 5.56 Å². The Morgan fingerprint density at radius 3 is 2.32 bits per heavy atom. The number of ether oxygens (including phenoxy) is 2. The first-order valence-corrected chi connectivity index (χ1v) is 7.23. The maximum Gasteiger partial charge on any atom is 0.188 e. The van der Waals surface area contributed by atoms with E-state index < -0.39 is 0 Å². The van der Waals surface area contributed by atoms with Crippen LogP contribution in [0.25, 0.3) is 0 Å². The normalized spacial score (nSPS) is 11.8. The van der Waals surface area contributed by atoms with Crippen LogP contribution in [0.1, 0.15) is 15.9 Å². The van der Waals surface area contributed by atoms with Crippen molar-refractivity contribution in [2.45, 2.75) is 12.7 Å². The molecule has 0 aliphatic rings. The van der Waals surface area contributed by atoms with Gasteiger partial charge < -0.3 is 9.47 Å². The highest BCUT2D eigenvalue weighted by Crippen LogP contribution is 2.05. The van der Waals surface area contributed by atoms with Crippen molar-refractivity contribution >= 4 is 5.78 Å². The van der Waals surface area contributed by atoms with Crippen molar-refractivity contribution in [2.24, 2.45) is 0 Å². The highest BCUT2D eigenvalue weighted by molar-refractivity contribution is 5.97. The topological polar surface area (TPSA) is 35.5 Å². The molecule has 0 saturated heterocycles. The van der Waals surface area contributed by atoms with Gasteiger partial charge in [0.25, 0.3) is 0 Å². The zero-order valence-electron chi connectivity index (χ0n) is 12.5. The summed E-state index contributed by atoms with van der Waals surface area (Å²) in [4.78, 5) is 12.0. The predicted molar refractivity (Wildman–Crippen MR) is 86.8 cm³/mol. The summed E-state index contributed by atoms with van der Waals surface area (Å²) >= 11 is 0.